The summed E-state index contributed by atoms with van der Waals surface area (Å²) in [5.41, 5.74) is -0.289. The Morgan fingerprint density at radius 2 is 1.95 bits per heavy atom. The minimum absolute atomic E-state index is 0.0233. The first kappa shape index (κ1) is 26.3. The number of nitriles is 1. The number of methoxy groups -OCH3 is 1. The van der Waals surface area contributed by atoms with Crippen LogP contribution in [0.3, 0.4) is 0 Å². The van der Waals surface area contributed by atoms with Gasteiger partial charge in [0.2, 0.25) is 11.8 Å². The molecule has 4 aliphatic rings. The summed E-state index contributed by atoms with van der Waals surface area (Å²) >= 11 is 0. The van der Waals surface area contributed by atoms with Crippen molar-refractivity contribution in [3.63, 3.8) is 0 Å². The molecule has 0 aromatic carbocycles. The summed E-state index contributed by atoms with van der Waals surface area (Å²) in [5, 5.41) is 12.9. The molecule has 3 amide bonds. The molecule has 4 fully saturated rings. The fourth-order valence-corrected chi connectivity index (χ4v) is 6.67. The van der Waals surface area contributed by atoms with Crippen LogP contribution in [0.15, 0.2) is 18.5 Å². The van der Waals surface area contributed by atoms with Crippen LogP contribution in [0.25, 0.3) is 0 Å². The van der Waals surface area contributed by atoms with Gasteiger partial charge in [0.15, 0.2) is 0 Å². The molecule has 0 bridgehead atoms. The maximum Gasteiger partial charge on any atom is 0.408 e. The lowest BCUT2D eigenvalue weighted by molar-refractivity contribution is -0.147. The molecule has 5 rings (SSSR count). The number of hydrogen-bond donors (Lipinski definition) is 1. The van der Waals surface area contributed by atoms with Gasteiger partial charge in [0.05, 0.1) is 30.8 Å². The topological polar surface area (TPSA) is 125 Å². The summed E-state index contributed by atoms with van der Waals surface area (Å²) in [6, 6.07) is 3.05. The highest BCUT2D eigenvalue weighted by Gasteiger charge is 2.64. The van der Waals surface area contributed by atoms with Crippen LogP contribution >= 0.6 is 0 Å². The zero-order valence-electron chi connectivity index (χ0n) is 22.6. The van der Waals surface area contributed by atoms with Crippen molar-refractivity contribution in [1.29, 1.82) is 5.26 Å². The number of ether oxygens (including phenoxy) is 2. The van der Waals surface area contributed by atoms with Gasteiger partial charge in [0, 0.05) is 24.7 Å². The van der Waals surface area contributed by atoms with E-state index in [1.54, 1.807) is 45.2 Å². The van der Waals surface area contributed by atoms with E-state index in [1.807, 2.05) is 11.0 Å². The molecule has 1 aliphatic carbocycles. The van der Waals surface area contributed by atoms with Gasteiger partial charge in [-0.1, -0.05) is 0 Å². The first-order valence-electron chi connectivity index (χ1n) is 13.6. The number of amides is 3. The van der Waals surface area contributed by atoms with Crippen LogP contribution in [-0.2, 0) is 14.3 Å². The highest BCUT2D eigenvalue weighted by Crippen LogP contribution is 2.58. The Bertz CT molecular complexity index is 1150. The molecule has 1 spiro atoms. The molecule has 5 atom stereocenters. The van der Waals surface area contributed by atoms with Crippen LogP contribution < -0.4 is 10.1 Å². The van der Waals surface area contributed by atoms with Crippen LogP contribution in [0.1, 0.15) is 77.2 Å². The molecule has 1 aromatic heterocycles. The van der Waals surface area contributed by atoms with Crippen LogP contribution in [0.2, 0.25) is 0 Å². The summed E-state index contributed by atoms with van der Waals surface area (Å²) < 4.78 is 10.7. The molecule has 1 N–H and O–H groups in total. The number of carbonyl (C=O) groups excluding carboxylic acids is 3. The number of rotatable bonds is 4. The first-order chi connectivity index (χ1) is 18.1. The maximum absolute atomic E-state index is 14.2. The lowest BCUT2D eigenvalue weighted by atomic mass is 9.85. The molecular weight excluding hydrogens is 486 g/mol. The van der Waals surface area contributed by atoms with E-state index in [4.69, 9.17) is 9.47 Å². The second kappa shape index (κ2) is 9.75. The number of hydrogen-bond acceptors (Lipinski definition) is 7. The van der Waals surface area contributed by atoms with Crippen LogP contribution in [-0.4, -0.2) is 75.6 Å². The molecular formula is C28H37N5O5. The maximum atomic E-state index is 14.2. The van der Waals surface area contributed by atoms with Crippen molar-refractivity contribution in [2.75, 3.05) is 13.7 Å². The van der Waals surface area contributed by atoms with Gasteiger partial charge in [0.1, 0.15) is 23.4 Å². The van der Waals surface area contributed by atoms with Crippen molar-refractivity contribution < 1.29 is 23.9 Å². The van der Waals surface area contributed by atoms with Crippen molar-refractivity contribution in [1.82, 2.24) is 20.1 Å². The first-order valence-corrected chi connectivity index (χ1v) is 13.6. The predicted octanol–water partition coefficient (Wildman–Crippen LogP) is 3.13. The molecule has 204 valence electrons. The number of alkyl carbamates (subject to hydrolysis) is 1. The molecule has 4 heterocycles. The standard InChI is InChI=1S/C28H37N5O5/c1-27(2,3)38-26(36)31-22-7-5-6-18-8-9-23(33(18)24(22)34)25(35)32-16-20(21(13-29)28(32)10-11-28)17-12-19(37-4)15-30-14-17/h12,14-15,18,20-23H,5-11,16H2,1-4H3,(H,31,36)/t18-,20+,21+,22-,23-/m0/s1. The van der Waals surface area contributed by atoms with Gasteiger partial charge in [-0.15, -0.1) is 0 Å². The minimum Gasteiger partial charge on any atom is -0.495 e. The molecule has 0 unspecified atom stereocenters. The van der Waals surface area contributed by atoms with Gasteiger partial charge in [-0.25, -0.2) is 4.79 Å². The highest BCUT2D eigenvalue weighted by atomic mass is 16.6. The second-order valence-corrected chi connectivity index (χ2v) is 12.0. The smallest absolute Gasteiger partial charge is 0.408 e. The third kappa shape index (κ3) is 4.67. The number of aromatic nitrogens is 1. The van der Waals surface area contributed by atoms with E-state index >= 15 is 0 Å². The molecule has 1 aromatic rings. The molecule has 0 radical (unpaired) electrons. The van der Waals surface area contributed by atoms with Crippen molar-refractivity contribution in [2.24, 2.45) is 5.92 Å². The number of nitrogens with zero attached hydrogens (tertiary/aromatic N) is 4. The van der Waals surface area contributed by atoms with Gasteiger partial charge in [-0.2, -0.15) is 5.26 Å². The van der Waals surface area contributed by atoms with Gasteiger partial charge in [-0.3, -0.25) is 14.6 Å². The Labute approximate surface area is 223 Å². The summed E-state index contributed by atoms with van der Waals surface area (Å²) in [6.45, 7) is 5.74. The molecule has 1 saturated carbocycles. The average Bonchev–Trinajstić information content (AvgIpc) is 3.47. The number of likely N-dealkylation sites (tertiary alicyclic amines) is 1. The van der Waals surface area contributed by atoms with Crippen molar-refractivity contribution in [2.45, 2.75) is 101 Å². The van der Waals surface area contributed by atoms with Crippen LogP contribution in [0.4, 0.5) is 4.79 Å². The third-order valence-electron chi connectivity index (χ3n) is 8.52. The van der Waals surface area contributed by atoms with Crippen molar-refractivity contribution in [3.8, 4) is 11.8 Å². The number of fused-ring (bicyclic) bond motifs is 1. The molecule has 10 nitrogen and oxygen atoms in total. The van der Waals surface area contributed by atoms with E-state index in [0.717, 1.165) is 37.7 Å². The SMILES string of the molecule is COc1cncc([C@H]2CN(C(=O)[C@@H]3CC[C@@H]4CCC[C@H](NC(=O)OC(C)(C)C)C(=O)N43)C3(CC3)[C@@H]2C#N)c1. The van der Waals surface area contributed by atoms with Gasteiger partial charge in [-0.05, 0) is 77.3 Å². The van der Waals surface area contributed by atoms with E-state index in [-0.39, 0.29) is 29.7 Å². The highest BCUT2D eigenvalue weighted by molar-refractivity contribution is 5.93. The van der Waals surface area contributed by atoms with E-state index in [2.05, 4.69) is 16.4 Å². The monoisotopic (exact) mass is 523 g/mol. The van der Waals surface area contributed by atoms with E-state index in [1.165, 1.54) is 0 Å². The van der Waals surface area contributed by atoms with Gasteiger partial charge >= 0.3 is 6.09 Å². The minimum atomic E-state index is -0.723. The summed E-state index contributed by atoms with van der Waals surface area (Å²) in [7, 11) is 1.58. The Balaban J connectivity index is 1.37. The van der Waals surface area contributed by atoms with E-state index in [0.29, 0.717) is 25.1 Å². The zero-order chi connectivity index (χ0) is 27.2. The number of nitrogens with one attached hydrogen (secondary N) is 1. The van der Waals surface area contributed by atoms with Crippen LogP contribution in [0, 0.1) is 17.2 Å². The van der Waals surface area contributed by atoms with E-state index < -0.39 is 29.3 Å². The fourth-order valence-electron chi connectivity index (χ4n) is 6.67. The van der Waals surface area contributed by atoms with Crippen molar-refractivity contribution >= 4 is 17.9 Å². The largest absolute Gasteiger partial charge is 0.495 e. The number of pyridine rings is 1. The van der Waals surface area contributed by atoms with Crippen molar-refractivity contribution in [3.05, 3.63) is 24.0 Å². The molecule has 10 heteroatoms. The average molecular weight is 524 g/mol. The quantitative estimate of drug-likeness (QED) is 0.643. The summed E-state index contributed by atoms with van der Waals surface area (Å²) in [6.07, 6.45) is 7.74. The third-order valence-corrected chi connectivity index (χ3v) is 8.52. The molecule has 38 heavy (non-hydrogen) atoms. The van der Waals surface area contributed by atoms with E-state index in [9.17, 15) is 19.6 Å². The van der Waals surface area contributed by atoms with Crippen LogP contribution in [0.5, 0.6) is 5.75 Å². The lowest BCUT2D eigenvalue weighted by Crippen LogP contribution is -2.56. The fraction of sp³-hybridized carbons (Fsp3) is 0.679. The Kier molecular flexibility index (Phi) is 6.74. The lowest BCUT2D eigenvalue weighted by Gasteiger charge is -2.35. The Morgan fingerprint density at radius 1 is 1.18 bits per heavy atom. The summed E-state index contributed by atoms with van der Waals surface area (Å²) in [4.78, 5) is 48.2. The Hall–Kier alpha value is -3.35. The zero-order valence-corrected chi connectivity index (χ0v) is 22.6. The van der Waals surface area contributed by atoms with Gasteiger partial charge in [0.25, 0.3) is 0 Å². The predicted molar refractivity (Wildman–Crippen MR) is 137 cm³/mol. The molecule has 3 aliphatic heterocycles. The summed E-state index contributed by atoms with van der Waals surface area (Å²) in [5.74, 6) is -0.212. The second-order valence-electron chi connectivity index (χ2n) is 12.0. The Morgan fingerprint density at radius 3 is 2.61 bits per heavy atom. The normalized spacial score (nSPS) is 29.9. The molecule has 3 saturated heterocycles. The number of carbonyl (C=O) groups is 3. The van der Waals surface area contributed by atoms with Gasteiger partial charge < -0.3 is 24.6 Å².